The van der Waals surface area contributed by atoms with Crippen LogP contribution in [0.25, 0.3) is 0 Å². The minimum absolute atomic E-state index is 0.726. The number of alkyl halides is 3. The van der Waals surface area contributed by atoms with Crippen LogP contribution in [0.3, 0.4) is 0 Å². The summed E-state index contributed by atoms with van der Waals surface area (Å²) in [6, 6.07) is 0. The Morgan fingerprint density at radius 1 is 1.33 bits per heavy atom. The summed E-state index contributed by atoms with van der Waals surface area (Å²) in [5.74, 6) is -1.99. The van der Waals surface area contributed by atoms with Crippen molar-refractivity contribution in [3.8, 4) is 0 Å². The van der Waals surface area contributed by atoms with Crippen molar-refractivity contribution in [1.82, 2.24) is 5.32 Å². The molecule has 0 heterocycles. The van der Waals surface area contributed by atoms with Crippen LogP contribution in [0.15, 0.2) is 0 Å². The molecule has 0 aromatic rings. The fraction of sp³-hybridized carbons (Fsp3) is 0.600. The van der Waals surface area contributed by atoms with Gasteiger partial charge in [-0.3, -0.25) is 9.59 Å². The van der Waals surface area contributed by atoms with Gasteiger partial charge in [0.15, 0.2) is 0 Å². The molecule has 0 spiro atoms. The van der Waals surface area contributed by atoms with Crippen LogP contribution in [-0.2, 0) is 9.59 Å². The zero-order valence-electron chi connectivity index (χ0n) is 5.94. The van der Waals surface area contributed by atoms with E-state index in [1.54, 1.807) is 0 Å². The number of nitrogens with one attached hydrogen (secondary N) is 1. The Hall–Kier alpha value is -1.27. The van der Waals surface area contributed by atoms with Crippen molar-refractivity contribution >= 4 is 11.8 Å². The summed E-state index contributed by atoms with van der Waals surface area (Å²) in [7, 11) is 0. The molecule has 2 amide bonds. The number of hydrogen-bond acceptors (Lipinski definition) is 2. The number of hydrogen-bond donors (Lipinski definition) is 2. The molecule has 0 aromatic carbocycles. The van der Waals surface area contributed by atoms with Crippen LogP contribution in [0.4, 0.5) is 13.2 Å². The van der Waals surface area contributed by atoms with E-state index in [0.29, 0.717) is 0 Å². The van der Waals surface area contributed by atoms with Gasteiger partial charge in [-0.15, -0.1) is 0 Å². The third-order valence-corrected chi connectivity index (χ3v) is 0.821. The molecular formula is C5H7F3N2O2. The van der Waals surface area contributed by atoms with Gasteiger partial charge in [-0.2, -0.15) is 13.2 Å². The van der Waals surface area contributed by atoms with Gasteiger partial charge >= 0.3 is 6.18 Å². The molecule has 0 radical (unpaired) electrons. The molecule has 12 heavy (non-hydrogen) atoms. The number of carbonyl (C=O) groups is 2. The normalized spacial score (nSPS) is 10.9. The highest BCUT2D eigenvalue weighted by Crippen LogP contribution is 2.11. The monoisotopic (exact) mass is 184 g/mol. The first kappa shape index (κ1) is 10.7. The van der Waals surface area contributed by atoms with Gasteiger partial charge in [-0.05, 0) is 0 Å². The van der Waals surface area contributed by atoms with Crippen molar-refractivity contribution in [2.45, 2.75) is 12.6 Å². The highest BCUT2D eigenvalue weighted by molar-refractivity contribution is 5.95. The number of halogens is 3. The summed E-state index contributed by atoms with van der Waals surface area (Å²) >= 11 is 0. The Bertz CT molecular complexity index is 190. The molecule has 70 valence electrons. The van der Waals surface area contributed by atoms with Crippen LogP contribution in [0.1, 0.15) is 6.42 Å². The van der Waals surface area contributed by atoms with Crippen LogP contribution >= 0.6 is 0 Å². The molecule has 7 heteroatoms. The van der Waals surface area contributed by atoms with E-state index < -0.39 is 31.0 Å². The Labute approximate surface area is 65.9 Å². The quantitative estimate of drug-likeness (QED) is 0.582. The molecule has 0 aliphatic heterocycles. The van der Waals surface area contributed by atoms with Gasteiger partial charge < -0.3 is 11.1 Å². The summed E-state index contributed by atoms with van der Waals surface area (Å²) in [6.07, 6.45) is -5.19. The van der Waals surface area contributed by atoms with Gasteiger partial charge in [-0.1, -0.05) is 0 Å². The molecular weight excluding hydrogens is 177 g/mol. The maximum atomic E-state index is 11.4. The van der Waals surface area contributed by atoms with E-state index in [4.69, 9.17) is 0 Å². The lowest BCUT2D eigenvalue weighted by Crippen LogP contribution is -2.35. The Morgan fingerprint density at radius 2 is 1.83 bits per heavy atom. The Kier molecular flexibility index (Phi) is 3.52. The van der Waals surface area contributed by atoms with Crippen LogP contribution < -0.4 is 11.1 Å². The fourth-order valence-corrected chi connectivity index (χ4v) is 0.420. The smallest absolute Gasteiger partial charge is 0.369 e. The van der Waals surface area contributed by atoms with Crippen LogP contribution in [-0.4, -0.2) is 24.5 Å². The molecule has 0 aliphatic carbocycles. The largest absolute Gasteiger partial charge is 0.405 e. The summed E-state index contributed by atoms with van der Waals surface area (Å²) < 4.78 is 34.3. The molecule has 0 aromatic heterocycles. The Morgan fingerprint density at radius 3 is 2.17 bits per heavy atom. The third kappa shape index (κ3) is 6.84. The predicted molar refractivity (Wildman–Crippen MR) is 32.9 cm³/mol. The van der Waals surface area contributed by atoms with Gasteiger partial charge in [0.1, 0.15) is 13.0 Å². The molecule has 0 unspecified atom stereocenters. The van der Waals surface area contributed by atoms with Crippen LogP contribution in [0.5, 0.6) is 0 Å². The van der Waals surface area contributed by atoms with E-state index in [9.17, 15) is 22.8 Å². The fourth-order valence-electron chi connectivity index (χ4n) is 0.420. The second-order valence-corrected chi connectivity index (χ2v) is 2.03. The maximum absolute atomic E-state index is 11.4. The number of carbonyl (C=O) groups excluding carboxylic acids is 2. The van der Waals surface area contributed by atoms with Gasteiger partial charge in [0.2, 0.25) is 11.8 Å². The van der Waals surface area contributed by atoms with E-state index in [0.717, 1.165) is 0 Å². The molecule has 0 aliphatic rings. The highest BCUT2D eigenvalue weighted by atomic mass is 19.4. The number of primary amides is 1. The van der Waals surface area contributed by atoms with Gasteiger partial charge in [0, 0.05) is 0 Å². The number of amides is 2. The second kappa shape index (κ2) is 3.93. The molecule has 0 saturated carbocycles. The first-order chi connectivity index (χ1) is 5.31. The number of rotatable bonds is 3. The molecule has 3 N–H and O–H groups in total. The lowest BCUT2D eigenvalue weighted by Gasteiger charge is -2.06. The first-order valence-corrected chi connectivity index (χ1v) is 2.93. The summed E-state index contributed by atoms with van der Waals surface area (Å²) in [4.78, 5) is 20.4. The van der Waals surface area contributed by atoms with Crippen molar-refractivity contribution in [3.63, 3.8) is 0 Å². The zero-order chi connectivity index (χ0) is 9.78. The van der Waals surface area contributed by atoms with Crippen molar-refractivity contribution in [2.24, 2.45) is 5.73 Å². The SMILES string of the molecule is NC(=O)CC(=O)NCC(F)(F)F. The van der Waals surface area contributed by atoms with E-state index >= 15 is 0 Å². The third-order valence-electron chi connectivity index (χ3n) is 0.821. The minimum atomic E-state index is -4.46. The lowest BCUT2D eigenvalue weighted by molar-refractivity contribution is -0.140. The summed E-state index contributed by atoms with van der Waals surface area (Å²) in [5.41, 5.74) is 4.55. The van der Waals surface area contributed by atoms with Crippen LogP contribution in [0, 0.1) is 0 Å². The molecule has 0 rings (SSSR count). The van der Waals surface area contributed by atoms with Crippen LogP contribution in [0.2, 0.25) is 0 Å². The predicted octanol–water partition coefficient (Wildman–Crippen LogP) is -0.460. The van der Waals surface area contributed by atoms with Gasteiger partial charge in [0.25, 0.3) is 0 Å². The van der Waals surface area contributed by atoms with Crippen molar-refractivity contribution in [1.29, 1.82) is 0 Å². The molecule has 0 bridgehead atoms. The lowest BCUT2D eigenvalue weighted by atomic mass is 10.4. The van der Waals surface area contributed by atoms with E-state index in [2.05, 4.69) is 5.73 Å². The van der Waals surface area contributed by atoms with E-state index in [-0.39, 0.29) is 0 Å². The summed E-state index contributed by atoms with van der Waals surface area (Å²) in [5, 5.41) is 1.49. The van der Waals surface area contributed by atoms with Crippen molar-refractivity contribution in [3.05, 3.63) is 0 Å². The van der Waals surface area contributed by atoms with E-state index in [1.165, 1.54) is 5.32 Å². The Balaban J connectivity index is 3.65. The van der Waals surface area contributed by atoms with Gasteiger partial charge in [-0.25, -0.2) is 0 Å². The van der Waals surface area contributed by atoms with Crippen molar-refractivity contribution < 1.29 is 22.8 Å². The molecule has 4 nitrogen and oxygen atoms in total. The topological polar surface area (TPSA) is 72.2 Å². The van der Waals surface area contributed by atoms with Gasteiger partial charge in [0.05, 0.1) is 0 Å². The first-order valence-electron chi connectivity index (χ1n) is 2.93. The van der Waals surface area contributed by atoms with Crippen molar-refractivity contribution in [2.75, 3.05) is 6.54 Å². The zero-order valence-corrected chi connectivity index (χ0v) is 5.94. The number of nitrogens with two attached hydrogens (primary N) is 1. The maximum Gasteiger partial charge on any atom is 0.405 e. The highest BCUT2D eigenvalue weighted by Gasteiger charge is 2.27. The summed E-state index contributed by atoms with van der Waals surface area (Å²) in [6.45, 7) is -1.45. The standard InChI is InChI=1S/C5H7F3N2O2/c6-5(7,8)2-10-4(12)1-3(9)11/h1-2H2,(H2,9,11)(H,10,12). The minimum Gasteiger partial charge on any atom is -0.369 e. The second-order valence-electron chi connectivity index (χ2n) is 2.03. The molecule has 0 fully saturated rings. The average Bonchev–Trinajstić information content (AvgIpc) is 1.80. The molecule has 0 saturated heterocycles. The molecule has 0 atom stereocenters. The van der Waals surface area contributed by atoms with E-state index in [1.807, 2.05) is 0 Å². The average molecular weight is 184 g/mol.